The van der Waals surface area contributed by atoms with E-state index in [1.165, 1.54) is 0 Å². The van der Waals surface area contributed by atoms with Gasteiger partial charge in [-0.1, -0.05) is 0 Å². The average Bonchev–Trinajstić information content (AvgIpc) is 3.28. The summed E-state index contributed by atoms with van der Waals surface area (Å²) in [5.41, 5.74) is 1.87. The number of hydrogen-bond donors (Lipinski definition) is 0. The van der Waals surface area contributed by atoms with E-state index < -0.39 is 0 Å². The van der Waals surface area contributed by atoms with Gasteiger partial charge in [0.05, 0.1) is 23.8 Å². The van der Waals surface area contributed by atoms with E-state index in [2.05, 4.69) is 25.0 Å². The summed E-state index contributed by atoms with van der Waals surface area (Å²) >= 11 is 0. The number of hydrogen-bond acceptors (Lipinski definition) is 8. The second kappa shape index (κ2) is 8.99. The van der Waals surface area contributed by atoms with E-state index in [1.807, 2.05) is 32.0 Å². The molecule has 5 rings (SSSR count). The molecule has 3 aromatic rings. The molecule has 32 heavy (non-hydrogen) atoms. The van der Waals surface area contributed by atoms with Crippen LogP contribution in [0.1, 0.15) is 50.4 Å². The zero-order chi connectivity index (χ0) is 22.1. The number of fused-ring (bicyclic) bond motifs is 1. The Labute approximate surface area is 187 Å². The Kier molecular flexibility index (Phi) is 5.93. The number of aromatic nitrogens is 4. The van der Waals surface area contributed by atoms with E-state index in [9.17, 15) is 4.79 Å². The van der Waals surface area contributed by atoms with Gasteiger partial charge in [0.2, 0.25) is 11.8 Å². The summed E-state index contributed by atoms with van der Waals surface area (Å²) in [6.45, 7) is 9.81. The zero-order valence-corrected chi connectivity index (χ0v) is 18.7. The van der Waals surface area contributed by atoms with Crippen molar-refractivity contribution in [2.75, 3.05) is 44.3 Å². The lowest BCUT2D eigenvalue weighted by molar-refractivity contribution is 0.0788. The summed E-state index contributed by atoms with van der Waals surface area (Å²) in [6.07, 6.45) is 3.55. The molecule has 0 N–H and O–H groups in total. The second-order valence-electron chi connectivity index (χ2n) is 8.94. The van der Waals surface area contributed by atoms with Crippen LogP contribution in [-0.2, 0) is 11.3 Å². The van der Waals surface area contributed by atoms with Crippen LogP contribution in [0.15, 0.2) is 33.7 Å². The van der Waals surface area contributed by atoms with Gasteiger partial charge in [-0.3, -0.25) is 14.3 Å². The van der Waals surface area contributed by atoms with Gasteiger partial charge in [-0.15, -0.1) is 10.2 Å². The largest absolute Gasteiger partial charge is 0.424 e. The molecule has 0 amide bonds. The fourth-order valence-electron chi connectivity index (χ4n) is 4.48. The van der Waals surface area contributed by atoms with Crippen molar-refractivity contribution < 1.29 is 9.15 Å². The first kappa shape index (κ1) is 21.1. The van der Waals surface area contributed by atoms with Gasteiger partial charge in [0.15, 0.2) is 0 Å². The van der Waals surface area contributed by atoms with Crippen LogP contribution in [0.2, 0.25) is 0 Å². The summed E-state index contributed by atoms with van der Waals surface area (Å²) in [7, 11) is 0. The molecule has 170 valence electrons. The van der Waals surface area contributed by atoms with Crippen molar-refractivity contribution in [3.63, 3.8) is 0 Å². The maximum absolute atomic E-state index is 12.7. The fraction of sp³-hybridized carbons (Fsp3) is 0.565. The molecule has 2 aromatic heterocycles. The van der Waals surface area contributed by atoms with Crippen molar-refractivity contribution in [1.82, 2.24) is 24.6 Å². The molecule has 2 aliphatic rings. The molecule has 0 saturated carbocycles. The van der Waals surface area contributed by atoms with E-state index in [1.54, 1.807) is 10.9 Å². The van der Waals surface area contributed by atoms with Gasteiger partial charge in [0.1, 0.15) is 0 Å². The first-order valence-corrected chi connectivity index (χ1v) is 11.5. The Bertz CT molecular complexity index is 1130. The second-order valence-corrected chi connectivity index (χ2v) is 8.94. The summed E-state index contributed by atoms with van der Waals surface area (Å²) < 4.78 is 13.0. The third kappa shape index (κ3) is 4.27. The van der Waals surface area contributed by atoms with Gasteiger partial charge in [0.25, 0.3) is 5.56 Å². The molecule has 1 aromatic carbocycles. The Morgan fingerprint density at radius 3 is 2.62 bits per heavy atom. The molecular weight excluding hydrogens is 408 g/mol. The van der Waals surface area contributed by atoms with Gasteiger partial charge >= 0.3 is 0 Å². The zero-order valence-electron chi connectivity index (χ0n) is 18.7. The Balaban J connectivity index is 1.21. The summed E-state index contributed by atoms with van der Waals surface area (Å²) in [4.78, 5) is 21.9. The Morgan fingerprint density at radius 2 is 1.88 bits per heavy atom. The van der Waals surface area contributed by atoms with Gasteiger partial charge in [-0.2, -0.15) is 0 Å². The topological polar surface area (TPSA) is 89.5 Å². The van der Waals surface area contributed by atoms with Crippen LogP contribution in [0.25, 0.3) is 10.9 Å². The molecule has 0 aliphatic carbocycles. The van der Waals surface area contributed by atoms with E-state index in [0.29, 0.717) is 23.7 Å². The molecule has 4 heterocycles. The number of benzene rings is 1. The SMILES string of the molecule is CC(C)n1cnc2cc(N3CCN(Cc4nnc(C5CCOCC5)o4)CC3)ccc2c1=O. The van der Waals surface area contributed by atoms with Crippen LogP contribution in [0.3, 0.4) is 0 Å². The molecular formula is C23H30N6O3. The van der Waals surface area contributed by atoms with E-state index in [-0.39, 0.29) is 11.6 Å². The highest BCUT2D eigenvalue weighted by Gasteiger charge is 2.24. The number of anilines is 1. The number of piperazine rings is 1. The predicted molar refractivity (Wildman–Crippen MR) is 121 cm³/mol. The van der Waals surface area contributed by atoms with Crippen molar-refractivity contribution in [1.29, 1.82) is 0 Å². The summed E-state index contributed by atoms with van der Waals surface area (Å²) in [5, 5.41) is 9.22. The predicted octanol–water partition coefficient (Wildman–Crippen LogP) is 2.58. The third-order valence-corrected chi connectivity index (χ3v) is 6.47. The van der Waals surface area contributed by atoms with Crippen LogP contribution in [0.4, 0.5) is 5.69 Å². The number of rotatable bonds is 5. The quantitative estimate of drug-likeness (QED) is 0.601. The molecule has 9 heteroatoms. The van der Waals surface area contributed by atoms with Crippen molar-refractivity contribution in [3.05, 3.63) is 46.7 Å². The minimum absolute atomic E-state index is 0.0149. The highest BCUT2D eigenvalue weighted by Crippen LogP contribution is 2.26. The van der Waals surface area contributed by atoms with Gasteiger partial charge in [0, 0.05) is 57.0 Å². The molecule has 0 spiro atoms. The smallest absolute Gasteiger partial charge is 0.261 e. The molecule has 0 atom stereocenters. The standard InChI is InChI=1S/C23H30N6O3/c1-16(2)29-15-24-20-13-18(3-4-19(20)23(29)30)28-9-7-27(8-10-28)14-21-25-26-22(32-21)17-5-11-31-12-6-17/h3-4,13,15-17H,5-12,14H2,1-2H3. The van der Waals surface area contributed by atoms with Crippen LogP contribution in [0.5, 0.6) is 0 Å². The van der Waals surface area contributed by atoms with Crippen LogP contribution in [0, 0.1) is 0 Å². The molecule has 0 radical (unpaired) electrons. The third-order valence-electron chi connectivity index (χ3n) is 6.47. The molecule has 9 nitrogen and oxygen atoms in total. The first-order chi connectivity index (χ1) is 15.6. The molecule has 0 unspecified atom stereocenters. The fourth-order valence-corrected chi connectivity index (χ4v) is 4.48. The minimum Gasteiger partial charge on any atom is -0.424 e. The Hall–Kier alpha value is -2.78. The first-order valence-electron chi connectivity index (χ1n) is 11.5. The van der Waals surface area contributed by atoms with Gasteiger partial charge in [-0.05, 0) is 44.9 Å². The highest BCUT2D eigenvalue weighted by atomic mass is 16.5. The lowest BCUT2D eigenvalue weighted by Crippen LogP contribution is -2.46. The monoisotopic (exact) mass is 438 g/mol. The summed E-state index contributed by atoms with van der Waals surface area (Å²) in [6, 6.07) is 6.06. The molecule has 2 saturated heterocycles. The summed E-state index contributed by atoms with van der Waals surface area (Å²) in [5.74, 6) is 1.77. The molecule has 2 aliphatic heterocycles. The lowest BCUT2D eigenvalue weighted by Gasteiger charge is -2.35. The van der Waals surface area contributed by atoms with Crippen LogP contribution >= 0.6 is 0 Å². The minimum atomic E-state index is 0.0149. The molecule has 0 bridgehead atoms. The van der Waals surface area contributed by atoms with E-state index >= 15 is 0 Å². The molecule has 2 fully saturated rings. The van der Waals surface area contributed by atoms with Crippen LogP contribution < -0.4 is 10.5 Å². The van der Waals surface area contributed by atoms with Gasteiger partial charge < -0.3 is 14.1 Å². The van der Waals surface area contributed by atoms with Crippen molar-refractivity contribution in [2.24, 2.45) is 0 Å². The average molecular weight is 439 g/mol. The van der Waals surface area contributed by atoms with Crippen molar-refractivity contribution >= 4 is 16.6 Å². The van der Waals surface area contributed by atoms with Gasteiger partial charge in [-0.25, -0.2) is 4.98 Å². The lowest BCUT2D eigenvalue weighted by atomic mass is 10.0. The number of ether oxygens (including phenoxy) is 1. The normalized spacial score (nSPS) is 18.7. The maximum Gasteiger partial charge on any atom is 0.261 e. The van der Waals surface area contributed by atoms with Crippen molar-refractivity contribution in [3.8, 4) is 0 Å². The number of nitrogens with zero attached hydrogens (tertiary/aromatic N) is 6. The van der Waals surface area contributed by atoms with E-state index in [0.717, 1.165) is 69.3 Å². The van der Waals surface area contributed by atoms with E-state index in [4.69, 9.17) is 9.15 Å². The highest BCUT2D eigenvalue weighted by molar-refractivity contribution is 5.81. The van der Waals surface area contributed by atoms with Crippen molar-refractivity contribution in [2.45, 2.75) is 45.2 Å². The maximum atomic E-state index is 12.7. The Morgan fingerprint density at radius 1 is 1.09 bits per heavy atom. The van der Waals surface area contributed by atoms with Crippen LogP contribution in [-0.4, -0.2) is 64.0 Å².